The molecular weight excluding hydrogens is 418 g/mol. The van der Waals surface area contributed by atoms with Crippen LogP contribution in [0, 0.1) is 23.1 Å². The monoisotopic (exact) mass is 442 g/mol. The van der Waals surface area contributed by atoms with E-state index in [1.165, 1.54) is 4.57 Å². The molecule has 3 fully saturated rings. The summed E-state index contributed by atoms with van der Waals surface area (Å²) in [6, 6.07) is 2.38. The highest BCUT2D eigenvalue weighted by Crippen LogP contribution is 2.48. The summed E-state index contributed by atoms with van der Waals surface area (Å²) >= 11 is 0. The van der Waals surface area contributed by atoms with E-state index >= 15 is 4.39 Å². The van der Waals surface area contributed by atoms with Crippen molar-refractivity contribution in [1.82, 2.24) is 9.88 Å². The molecule has 1 saturated heterocycles. The van der Waals surface area contributed by atoms with E-state index in [1.54, 1.807) is 0 Å². The fraction of sp³-hybridized carbons (Fsp3) is 0.522. The molecule has 2 heterocycles. The second kappa shape index (κ2) is 7.27. The largest absolute Gasteiger partial charge is 0.477 e. The predicted octanol–water partition coefficient (Wildman–Crippen LogP) is 2.96. The zero-order chi connectivity index (χ0) is 22.8. The van der Waals surface area contributed by atoms with Gasteiger partial charge in [0, 0.05) is 31.2 Å². The third-order valence-corrected chi connectivity index (χ3v) is 7.23. The van der Waals surface area contributed by atoms with Gasteiger partial charge in [-0.05, 0) is 37.8 Å². The summed E-state index contributed by atoms with van der Waals surface area (Å²) in [7, 11) is 0. The molecule has 7 nitrogen and oxygen atoms in total. The van der Waals surface area contributed by atoms with Gasteiger partial charge in [0.25, 0.3) is 0 Å². The van der Waals surface area contributed by atoms with Gasteiger partial charge in [-0.25, -0.2) is 13.6 Å². The van der Waals surface area contributed by atoms with Crippen LogP contribution in [0.4, 0.5) is 14.5 Å². The Morgan fingerprint density at radius 2 is 2.16 bits per heavy atom. The molecule has 1 aliphatic heterocycles. The average Bonchev–Trinajstić information content (AvgIpc) is 3.64. The number of carboxylic acid groups (broad SMARTS) is 1. The molecule has 0 spiro atoms. The zero-order valence-corrected chi connectivity index (χ0v) is 17.7. The Morgan fingerprint density at radius 1 is 1.44 bits per heavy atom. The normalized spacial score (nSPS) is 25.7. The molecule has 32 heavy (non-hydrogen) atoms. The van der Waals surface area contributed by atoms with Crippen LogP contribution in [0.15, 0.2) is 17.1 Å². The van der Waals surface area contributed by atoms with Crippen molar-refractivity contribution in [3.8, 4) is 6.07 Å². The molecule has 2 aliphatic carbocycles. The minimum absolute atomic E-state index is 0.0397. The summed E-state index contributed by atoms with van der Waals surface area (Å²) < 4.78 is 30.7. The van der Waals surface area contributed by atoms with Gasteiger partial charge in [0.2, 0.25) is 5.43 Å². The lowest BCUT2D eigenvalue weighted by Crippen LogP contribution is -2.40. The van der Waals surface area contributed by atoms with Crippen LogP contribution in [-0.2, 0) is 0 Å². The zero-order valence-electron chi connectivity index (χ0n) is 17.7. The first-order valence-corrected chi connectivity index (χ1v) is 11.0. The quantitative estimate of drug-likeness (QED) is 0.714. The predicted molar refractivity (Wildman–Crippen MR) is 114 cm³/mol. The third kappa shape index (κ3) is 3.08. The smallest absolute Gasteiger partial charge is 0.341 e. The number of nitrogens with one attached hydrogen (secondary N) is 1. The molecule has 3 aliphatic rings. The molecule has 5 rings (SSSR count). The summed E-state index contributed by atoms with van der Waals surface area (Å²) in [5.41, 5.74) is -1.18. The molecule has 0 amide bonds. The van der Waals surface area contributed by atoms with E-state index < -0.39 is 35.0 Å². The summed E-state index contributed by atoms with van der Waals surface area (Å²) in [6.45, 7) is 4.07. The van der Waals surface area contributed by atoms with Gasteiger partial charge in [0.05, 0.1) is 22.6 Å². The molecule has 2 aromatic rings. The number of rotatable bonds is 6. The van der Waals surface area contributed by atoms with Gasteiger partial charge in [0.15, 0.2) is 0 Å². The van der Waals surface area contributed by atoms with Crippen molar-refractivity contribution in [2.24, 2.45) is 5.92 Å². The highest BCUT2D eigenvalue weighted by atomic mass is 19.1. The van der Waals surface area contributed by atoms with Crippen molar-refractivity contribution in [3.63, 3.8) is 0 Å². The molecular formula is C23H24F2N4O3. The number of halogens is 2. The number of nitriles is 1. The Kier molecular flexibility index (Phi) is 4.75. The number of benzene rings is 1. The maximum absolute atomic E-state index is 15.4. The number of anilines is 1. The van der Waals surface area contributed by atoms with E-state index in [9.17, 15) is 24.3 Å². The van der Waals surface area contributed by atoms with Gasteiger partial charge in [-0.1, -0.05) is 6.92 Å². The maximum Gasteiger partial charge on any atom is 0.341 e. The van der Waals surface area contributed by atoms with Gasteiger partial charge in [-0.3, -0.25) is 4.79 Å². The molecule has 2 unspecified atom stereocenters. The number of aromatic carboxylic acids is 1. The van der Waals surface area contributed by atoms with E-state index in [0.29, 0.717) is 19.0 Å². The minimum Gasteiger partial charge on any atom is -0.477 e. The topological polar surface area (TPSA) is 98.4 Å². The van der Waals surface area contributed by atoms with Gasteiger partial charge in [-0.2, -0.15) is 5.26 Å². The molecule has 2 N–H and O–H groups in total. The summed E-state index contributed by atoms with van der Waals surface area (Å²) in [6.07, 6.45) is 3.05. The SMILES string of the molecule is CCNC1(C2CCN(c3c(F)cc4c(=O)c(C(=O)O)cn([C@@H]5CC5F)c4c3C#N)C2)CC1. The average molecular weight is 442 g/mol. The lowest BCUT2D eigenvalue weighted by molar-refractivity contribution is 0.0694. The highest BCUT2D eigenvalue weighted by molar-refractivity contribution is 5.96. The molecule has 9 heteroatoms. The van der Waals surface area contributed by atoms with E-state index in [2.05, 4.69) is 12.2 Å². The van der Waals surface area contributed by atoms with Gasteiger partial charge < -0.3 is 19.9 Å². The van der Waals surface area contributed by atoms with E-state index in [-0.39, 0.29) is 34.1 Å². The van der Waals surface area contributed by atoms with Crippen molar-refractivity contribution in [1.29, 1.82) is 5.26 Å². The number of aromatic nitrogens is 1. The fourth-order valence-corrected chi connectivity index (χ4v) is 5.38. The summed E-state index contributed by atoms with van der Waals surface area (Å²) in [4.78, 5) is 26.2. The van der Waals surface area contributed by atoms with Crippen molar-refractivity contribution >= 4 is 22.6 Å². The minimum atomic E-state index is -1.47. The molecule has 2 saturated carbocycles. The molecule has 0 bridgehead atoms. The number of fused-ring (bicyclic) bond motifs is 1. The number of pyridine rings is 1. The Bertz CT molecular complexity index is 1230. The van der Waals surface area contributed by atoms with Crippen LogP contribution in [0.1, 0.15) is 54.6 Å². The number of carboxylic acids is 1. The molecule has 1 aromatic heterocycles. The van der Waals surface area contributed by atoms with Crippen molar-refractivity contribution in [2.45, 2.75) is 50.4 Å². The Labute approximate surface area is 183 Å². The van der Waals surface area contributed by atoms with Gasteiger partial charge >= 0.3 is 5.97 Å². The van der Waals surface area contributed by atoms with Crippen LogP contribution in [0.2, 0.25) is 0 Å². The van der Waals surface area contributed by atoms with Crippen molar-refractivity contribution in [3.05, 3.63) is 39.4 Å². The van der Waals surface area contributed by atoms with Crippen LogP contribution in [-0.4, -0.2) is 47.0 Å². The standard InChI is InChI=1S/C23H24F2N4O3/c1-2-27-23(4-5-23)12-3-6-28(10-12)20-14(9-26)19-13(7-17(20)25)21(30)15(22(31)32)11-29(19)18-8-16(18)24/h7,11-12,16,18,27H,2-6,8,10H2,1H3,(H,31,32)/t12?,16?,18-/m1/s1. The second-order valence-electron chi connectivity index (χ2n) is 9.11. The van der Waals surface area contributed by atoms with E-state index in [4.69, 9.17) is 0 Å². The highest BCUT2D eigenvalue weighted by Gasteiger charge is 2.51. The third-order valence-electron chi connectivity index (χ3n) is 7.23. The molecule has 168 valence electrons. The van der Waals surface area contributed by atoms with E-state index in [0.717, 1.165) is 38.1 Å². The van der Waals surface area contributed by atoms with Gasteiger partial charge in [0.1, 0.15) is 29.2 Å². The van der Waals surface area contributed by atoms with Crippen LogP contribution < -0.4 is 15.6 Å². The first-order chi connectivity index (χ1) is 15.3. The Morgan fingerprint density at radius 3 is 2.72 bits per heavy atom. The number of nitrogens with zero attached hydrogens (tertiary/aromatic N) is 3. The number of hydrogen-bond acceptors (Lipinski definition) is 5. The molecule has 1 aromatic carbocycles. The second-order valence-corrected chi connectivity index (χ2v) is 9.11. The van der Waals surface area contributed by atoms with Crippen molar-refractivity contribution < 1.29 is 18.7 Å². The Balaban J connectivity index is 1.66. The fourth-order valence-electron chi connectivity index (χ4n) is 5.38. The maximum atomic E-state index is 15.4. The molecule has 0 radical (unpaired) electrons. The van der Waals surface area contributed by atoms with Crippen LogP contribution >= 0.6 is 0 Å². The lowest BCUT2D eigenvalue weighted by atomic mass is 9.96. The summed E-state index contributed by atoms with van der Waals surface area (Å²) in [5, 5.41) is 22.8. The molecule has 3 atom stereocenters. The number of hydrogen-bond donors (Lipinski definition) is 2. The first-order valence-electron chi connectivity index (χ1n) is 11.0. The summed E-state index contributed by atoms with van der Waals surface area (Å²) in [5.74, 6) is -1.88. The first kappa shape index (κ1) is 20.9. The van der Waals surface area contributed by atoms with Gasteiger partial charge in [-0.15, -0.1) is 0 Å². The van der Waals surface area contributed by atoms with Crippen LogP contribution in [0.25, 0.3) is 10.9 Å². The number of alkyl halides is 1. The van der Waals surface area contributed by atoms with Crippen molar-refractivity contribution in [2.75, 3.05) is 24.5 Å². The number of carbonyl (C=O) groups is 1. The van der Waals surface area contributed by atoms with Crippen LogP contribution in [0.3, 0.4) is 0 Å². The Hall–Kier alpha value is -2.99. The van der Waals surface area contributed by atoms with E-state index in [1.807, 2.05) is 11.0 Å². The lowest BCUT2D eigenvalue weighted by Gasteiger charge is -2.26. The van der Waals surface area contributed by atoms with Crippen LogP contribution in [0.5, 0.6) is 0 Å².